The van der Waals surface area contributed by atoms with Gasteiger partial charge in [-0.25, -0.2) is 9.59 Å². The van der Waals surface area contributed by atoms with E-state index in [0.717, 1.165) is 6.08 Å². The van der Waals surface area contributed by atoms with Gasteiger partial charge in [-0.05, 0) is 26.2 Å². The fourth-order valence-corrected chi connectivity index (χ4v) is 4.82. The number of carbonyl (C=O) groups is 5. The van der Waals surface area contributed by atoms with E-state index in [0.29, 0.717) is 18.9 Å². The lowest BCUT2D eigenvalue weighted by Crippen LogP contribution is -2.43. The van der Waals surface area contributed by atoms with Crippen LogP contribution >= 0.6 is 0 Å². The Balaban J connectivity index is 5.56. The second-order valence-corrected chi connectivity index (χ2v) is 12.1. The van der Waals surface area contributed by atoms with Gasteiger partial charge < -0.3 is 37.5 Å². The quantitative estimate of drug-likeness (QED) is 0.0516. The lowest BCUT2D eigenvalue weighted by atomic mass is 10.0. The van der Waals surface area contributed by atoms with Crippen LogP contribution in [-0.4, -0.2) is 92.4 Å². The Morgan fingerprint density at radius 1 is 0.900 bits per heavy atom. The van der Waals surface area contributed by atoms with Crippen molar-refractivity contribution in [3.63, 3.8) is 0 Å². The molecule has 0 fully saturated rings. The highest BCUT2D eigenvalue weighted by Crippen LogP contribution is 2.21. The maximum absolute atomic E-state index is 13.2. The number of carbonyl (C=O) groups excluding carboxylic acids is 5. The molecule has 13 nitrogen and oxygen atoms in total. The minimum Gasteiger partial charge on any atom is -0.462 e. The molecule has 0 rings (SSSR count). The van der Waals surface area contributed by atoms with Crippen molar-refractivity contribution < 1.29 is 56.2 Å². The van der Waals surface area contributed by atoms with Crippen molar-refractivity contribution in [2.45, 2.75) is 52.2 Å². The zero-order valence-corrected chi connectivity index (χ0v) is 25.3. The first-order valence-electron chi connectivity index (χ1n) is 12.8. The van der Waals surface area contributed by atoms with E-state index in [1.54, 1.807) is 13.8 Å². The molecule has 1 amide bonds. The Bertz CT molecular complexity index is 863. The Morgan fingerprint density at radius 3 is 2.02 bits per heavy atom. The molecule has 0 aliphatic carbocycles. The summed E-state index contributed by atoms with van der Waals surface area (Å²) in [6, 6.07) is 0.316. The molecular formula is C26H43NO12Si. The van der Waals surface area contributed by atoms with Gasteiger partial charge in [0.05, 0.1) is 12.5 Å². The van der Waals surface area contributed by atoms with Crippen LogP contribution in [0.4, 0.5) is 0 Å². The molecular weight excluding hydrogens is 546 g/mol. The van der Waals surface area contributed by atoms with Crippen molar-refractivity contribution in [2.24, 2.45) is 11.8 Å². The van der Waals surface area contributed by atoms with Crippen LogP contribution in [0.2, 0.25) is 6.04 Å². The molecule has 0 aliphatic heterocycles. The van der Waals surface area contributed by atoms with E-state index >= 15 is 0 Å². The molecule has 2 unspecified atom stereocenters. The zero-order valence-electron chi connectivity index (χ0n) is 24.3. The highest BCUT2D eigenvalue weighted by Gasteiger charge is 2.39. The van der Waals surface area contributed by atoms with Crippen LogP contribution in [0.25, 0.3) is 0 Å². The zero-order chi connectivity index (χ0) is 30.7. The van der Waals surface area contributed by atoms with Gasteiger partial charge in [0.2, 0.25) is 5.91 Å². The first-order valence-corrected chi connectivity index (χ1v) is 14.7. The number of rotatable bonds is 21. The molecule has 1 N–H and O–H groups in total. The van der Waals surface area contributed by atoms with Crippen molar-refractivity contribution >= 4 is 38.6 Å². The van der Waals surface area contributed by atoms with Crippen molar-refractivity contribution in [3.8, 4) is 0 Å². The van der Waals surface area contributed by atoms with Crippen molar-refractivity contribution in [1.29, 1.82) is 0 Å². The second-order valence-electron chi connectivity index (χ2n) is 8.98. The Kier molecular flexibility index (Phi) is 18.4. The van der Waals surface area contributed by atoms with Gasteiger partial charge in [-0.1, -0.05) is 27.0 Å². The lowest BCUT2D eigenvalue weighted by molar-refractivity contribution is -0.171. The summed E-state index contributed by atoms with van der Waals surface area (Å²) in [5.74, 6) is -5.10. The van der Waals surface area contributed by atoms with Gasteiger partial charge in [-0.15, -0.1) is 0 Å². The van der Waals surface area contributed by atoms with Gasteiger partial charge in [0.15, 0.2) is 6.10 Å². The topological polar surface area (TPSA) is 162 Å². The Morgan fingerprint density at radius 2 is 1.50 bits per heavy atom. The van der Waals surface area contributed by atoms with Gasteiger partial charge in [-0.3, -0.25) is 14.4 Å². The van der Waals surface area contributed by atoms with Crippen LogP contribution in [0.1, 0.15) is 40.0 Å². The predicted molar refractivity (Wildman–Crippen MR) is 145 cm³/mol. The van der Waals surface area contributed by atoms with Crippen LogP contribution in [0.5, 0.6) is 0 Å². The molecule has 0 aromatic carbocycles. The number of amides is 1. The number of hydrogen-bond donors (Lipinski definition) is 1. The number of hydrogen-bond acceptors (Lipinski definition) is 12. The van der Waals surface area contributed by atoms with Gasteiger partial charge in [0, 0.05) is 45.6 Å². The summed E-state index contributed by atoms with van der Waals surface area (Å²) in [6.07, 6.45) is 0.507. The molecule has 0 spiro atoms. The van der Waals surface area contributed by atoms with E-state index in [1.165, 1.54) is 28.3 Å². The molecule has 14 heteroatoms. The third kappa shape index (κ3) is 14.4. The first kappa shape index (κ1) is 36.9. The summed E-state index contributed by atoms with van der Waals surface area (Å²) >= 11 is 0. The summed E-state index contributed by atoms with van der Waals surface area (Å²) in [4.78, 5) is 61.2. The predicted octanol–water partition coefficient (Wildman–Crippen LogP) is 1.73. The van der Waals surface area contributed by atoms with E-state index in [9.17, 15) is 24.0 Å². The SMILES string of the molecule is C=CC(=O)OCCCNC(=O)C(CCC[Si](OC)(OC)OC)C(=O)OC(COC(=O)C(=C)C)COC(=O)C(C)C. The summed E-state index contributed by atoms with van der Waals surface area (Å²) < 4.78 is 36.8. The first-order chi connectivity index (χ1) is 18.9. The fraction of sp³-hybridized carbons (Fsp3) is 0.654. The molecule has 0 aliphatic rings. The second kappa shape index (κ2) is 19.9. The van der Waals surface area contributed by atoms with Gasteiger partial charge in [0.1, 0.15) is 19.1 Å². The maximum Gasteiger partial charge on any atom is 0.500 e. The number of ether oxygens (including phenoxy) is 4. The third-order valence-electron chi connectivity index (χ3n) is 5.46. The van der Waals surface area contributed by atoms with Crippen LogP contribution in [0, 0.1) is 11.8 Å². The largest absolute Gasteiger partial charge is 0.500 e. The summed E-state index contributed by atoms with van der Waals surface area (Å²) in [7, 11) is 1.38. The molecule has 2 atom stereocenters. The average Bonchev–Trinajstić information content (AvgIpc) is 2.93. The third-order valence-corrected chi connectivity index (χ3v) is 8.29. The lowest BCUT2D eigenvalue weighted by Gasteiger charge is -2.25. The average molecular weight is 590 g/mol. The minimum absolute atomic E-state index is 0.0429. The van der Waals surface area contributed by atoms with Crippen LogP contribution in [0.3, 0.4) is 0 Å². The van der Waals surface area contributed by atoms with Crippen LogP contribution in [-0.2, 0) is 56.2 Å². The van der Waals surface area contributed by atoms with Gasteiger partial charge in [-0.2, -0.15) is 0 Å². The van der Waals surface area contributed by atoms with Crippen LogP contribution < -0.4 is 5.32 Å². The molecule has 0 radical (unpaired) electrons. The number of esters is 4. The molecule has 228 valence electrons. The number of nitrogens with one attached hydrogen (secondary N) is 1. The minimum atomic E-state index is -2.97. The molecule has 0 saturated carbocycles. The van der Waals surface area contributed by atoms with Crippen LogP contribution in [0.15, 0.2) is 24.8 Å². The molecule has 0 aromatic rings. The highest BCUT2D eigenvalue weighted by atomic mass is 28.4. The van der Waals surface area contributed by atoms with E-state index in [1.807, 2.05) is 0 Å². The van der Waals surface area contributed by atoms with E-state index < -0.39 is 63.1 Å². The Labute approximate surface area is 236 Å². The standard InChI is InChI=1S/C26H43NO12Si/c1-9-22(28)36-14-11-13-27-23(29)21(12-10-15-40(33-6,34-7)35-8)26(32)39-20(16-37-24(30)18(2)3)17-38-25(31)19(4)5/h9,19-21H,1-2,10-17H2,3-8H3,(H,27,29). The van der Waals surface area contributed by atoms with Crippen molar-refractivity contribution in [1.82, 2.24) is 5.32 Å². The molecule has 0 aromatic heterocycles. The smallest absolute Gasteiger partial charge is 0.462 e. The molecule has 40 heavy (non-hydrogen) atoms. The van der Waals surface area contributed by atoms with E-state index in [-0.39, 0.29) is 31.8 Å². The fourth-order valence-electron chi connectivity index (χ4n) is 3.07. The summed E-state index contributed by atoms with van der Waals surface area (Å²) in [5.41, 5.74) is 0.127. The highest BCUT2D eigenvalue weighted by molar-refractivity contribution is 6.60. The van der Waals surface area contributed by atoms with E-state index in [4.69, 9.17) is 32.2 Å². The maximum atomic E-state index is 13.2. The molecule has 0 bridgehead atoms. The summed E-state index contributed by atoms with van der Waals surface area (Å²) in [6.45, 7) is 10.9. The molecule has 0 heterocycles. The molecule has 0 saturated heterocycles. The monoisotopic (exact) mass is 589 g/mol. The van der Waals surface area contributed by atoms with E-state index in [2.05, 4.69) is 18.5 Å². The normalized spacial score (nSPS) is 12.6. The van der Waals surface area contributed by atoms with Crippen molar-refractivity contribution in [2.75, 3.05) is 47.7 Å². The summed E-state index contributed by atoms with van der Waals surface area (Å²) in [5, 5.41) is 2.63. The Hall–Kier alpha value is -3.07. The van der Waals surface area contributed by atoms with Gasteiger partial charge in [0.25, 0.3) is 0 Å². The van der Waals surface area contributed by atoms with Gasteiger partial charge >= 0.3 is 32.7 Å². The van der Waals surface area contributed by atoms with Crippen molar-refractivity contribution in [3.05, 3.63) is 24.8 Å².